The predicted molar refractivity (Wildman–Crippen MR) is 40.6 cm³/mol. The number of Topliss-reactive ketones (excluding diaryl/α,β-unsaturated/α-hetero) is 1. The number of rotatable bonds is 0. The number of amides is 1. The zero-order valence-electron chi connectivity index (χ0n) is 6.67. The number of hydroxylamine groups is 2. The number of fused-ring (bicyclic) bond motifs is 1. The van der Waals surface area contributed by atoms with Gasteiger partial charge in [0.25, 0.3) is 5.91 Å². The molecule has 2 rings (SSSR count). The van der Waals surface area contributed by atoms with E-state index in [2.05, 4.69) is 4.99 Å². The van der Waals surface area contributed by atoms with Crippen molar-refractivity contribution < 1.29 is 14.8 Å². The highest BCUT2D eigenvalue weighted by Crippen LogP contribution is 2.12. The van der Waals surface area contributed by atoms with Gasteiger partial charge in [-0.15, -0.1) is 0 Å². The van der Waals surface area contributed by atoms with Crippen LogP contribution >= 0.6 is 0 Å². The van der Waals surface area contributed by atoms with Crippen LogP contribution in [0.1, 0.15) is 0 Å². The van der Waals surface area contributed by atoms with E-state index in [1.807, 2.05) is 0 Å². The summed E-state index contributed by atoms with van der Waals surface area (Å²) in [5.74, 6) is -0.606. The van der Waals surface area contributed by atoms with E-state index in [9.17, 15) is 14.8 Å². The van der Waals surface area contributed by atoms with Crippen molar-refractivity contribution >= 4 is 17.6 Å². The maximum absolute atomic E-state index is 11.1. The molecular formula is C6H8N4O3. The molecule has 0 spiro atoms. The molecule has 1 saturated heterocycles. The van der Waals surface area contributed by atoms with Gasteiger partial charge in [-0.05, 0) is 0 Å². The van der Waals surface area contributed by atoms with Gasteiger partial charge in [0.15, 0.2) is 11.9 Å². The topological polar surface area (TPSA) is 99.2 Å². The number of hydrogen-bond donors (Lipinski definition) is 2. The van der Waals surface area contributed by atoms with E-state index in [-0.39, 0.29) is 30.7 Å². The van der Waals surface area contributed by atoms with Gasteiger partial charge in [0.05, 0.1) is 6.54 Å². The van der Waals surface area contributed by atoms with Crippen LogP contribution in [0.25, 0.3) is 0 Å². The van der Waals surface area contributed by atoms with Crippen molar-refractivity contribution in [2.45, 2.75) is 6.17 Å². The standard InChI is InChI=1S/C6H8N4O3/c7-5-3(11)1-9-4(12)2-10(13)6(9)8-5/h5,13H,1-2,7H2. The van der Waals surface area contributed by atoms with E-state index < -0.39 is 6.17 Å². The molecule has 13 heavy (non-hydrogen) atoms. The highest BCUT2D eigenvalue weighted by molar-refractivity contribution is 6.09. The van der Waals surface area contributed by atoms with Crippen molar-refractivity contribution in [1.29, 1.82) is 0 Å². The first-order valence-electron chi connectivity index (χ1n) is 3.72. The van der Waals surface area contributed by atoms with E-state index in [0.717, 1.165) is 4.90 Å². The third-order valence-corrected chi connectivity index (χ3v) is 1.96. The van der Waals surface area contributed by atoms with Gasteiger partial charge in [-0.2, -0.15) is 0 Å². The Kier molecular flexibility index (Phi) is 1.57. The van der Waals surface area contributed by atoms with Crippen LogP contribution in [-0.4, -0.2) is 52.1 Å². The van der Waals surface area contributed by atoms with Crippen LogP contribution < -0.4 is 5.73 Å². The molecule has 0 aromatic carbocycles. The second kappa shape index (κ2) is 2.51. The van der Waals surface area contributed by atoms with Gasteiger partial charge in [0.1, 0.15) is 6.54 Å². The largest absolute Gasteiger partial charge is 0.303 e. The van der Waals surface area contributed by atoms with E-state index >= 15 is 0 Å². The molecule has 2 aliphatic heterocycles. The van der Waals surface area contributed by atoms with Crippen LogP contribution in [0.2, 0.25) is 0 Å². The van der Waals surface area contributed by atoms with Crippen molar-refractivity contribution in [3.63, 3.8) is 0 Å². The Hall–Kier alpha value is -1.47. The van der Waals surface area contributed by atoms with Gasteiger partial charge >= 0.3 is 0 Å². The lowest BCUT2D eigenvalue weighted by molar-refractivity contribution is -0.131. The first-order valence-corrected chi connectivity index (χ1v) is 3.72. The van der Waals surface area contributed by atoms with Crippen molar-refractivity contribution in [2.24, 2.45) is 10.7 Å². The molecular weight excluding hydrogens is 176 g/mol. The predicted octanol–water partition coefficient (Wildman–Crippen LogP) is -2.26. The minimum atomic E-state index is -0.966. The number of nitrogens with two attached hydrogens (primary N) is 1. The molecule has 1 atom stereocenters. The molecule has 0 aromatic heterocycles. The minimum Gasteiger partial charge on any atom is -0.303 e. The summed E-state index contributed by atoms with van der Waals surface area (Å²) in [7, 11) is 0. The second-order valence-corrected chi connectivity index (χ2v) is 2.88. The summed E-state index contributed by atoms with van der Waals surface area (Å²) in [6.07, 6.45) is -0.966. The Morgan fingerprint density at radius 2 is 2.15 bits per heavy atom. The zero-order valence-corrected chi connectivity index (χ0v) is 6.67. The fourth-order valence-electron chi connectivity index (χ4n) is 1.28. The van der Waals surface area contributed by atoms with Crippen molar-refractivity contribution in [1.82, 2.24) is 9.96 Å². The van der Waals surface area contributed by atoms with Gasteiger partial charge < -0.3 is 5.73 Å². The summed E-state index contributed by atoms with van der Waals surface area (Å²) in [5.41, 5.74) is 5.33. The Morgan fingerprint density at radius 1 is 1.46 bits per heavy atom. The number of carbonyl (C=O) groups is 2. The third-order valence-electron chi connectivity index (χ3n) is 1.96. The number of ketones is 1. The van der Waals surface area contributed by atoms with Gasteiger partial charge in [-0.1, -0.05) is 0 Å². The maximum Gasteiger partial charge on any atom is 0.252 e. The molecule has 3 N–H and O–H groups in total. The fourth-order valence-corrected chi connectivity index (χ4v) is 1.28. The minimum absolute atomic E-state index is 0.0668. The Bertz CT molecular complexity index is 313. The quantitative estimate of drug-likeness (QED) is 0.442. The molecule has 1 unspecified atom stereocenters. The van der Waals surface area contributed by atoms with Crippen LogP contribution in [-0.2, 0) is 9.59 Å². The molecule has 0 aromatic rings. The van der Waals surface area contributed by atoms with Gasteiger partial charge in [0, 0.05) is 0 Å². The number of hydrogen-bond acceptors (Lipinski definition) is 6. The summed E-state index contributed by atoms with van der Waals surface area (Å²) < 4.78 is 0. The number of aliphatic imine (C=N–C) groups is 1. The molecule has 0 radical (unpaired) electrons. The Balaban J connectivity index is 2.36. The molecule has 0 aliphatic carbocycles. The molecule has 0 saturated carbocycles. The molecule has 70 valence electrons. The van der Waals surface area contributed by atoms with Crippen LogP contribution in [0, 0.1) is 0 Å². The third kappa shape index (κ3) is 1.09. The van der Waals surface area contributed by atoms with Gasteiger partial charge in [-0.25, -0.2) is 10.1 Å². The number of nitrogens with zero attached hydrogens (tertiary/aromatic N) is 3. The average Bonchev–Trinajstić information content (AvgIpc) is 2.31. The van der Waals surface area contributed by atoms with Gasteiger partial charge in [-0.3, -0.25) is 19.7 Å². The van der Waals surface area contributed by atoms with E-state index in [0.29, 0.717) is 5.06 Å². The summed E-state index contributed by atoms with van der Waals surface area (Å²) >= 11 is 0. The summed E-state index contributed by atoms with van der Waals surface area (Å²) in [5, 5.41) is 9.86. The van der Waals surface area contributed by atoms with E-state index in [4.69, 9.17) is 5.73 Å². The first-order chi connectivity index (χ1) is 6.09. The van der Waals surface area contributed by atoms with Crippen LogP contribution in [0.15, 0.2) is 4.99 Å². The van der Waals surface area contributed by atoms with Gasteiger partial charge in [0.2, 0.25) is 5.96 Å². The fraction of sp³-hybridized carbons (Fsp3) is 0.500. The lowest BCUT2D eigenvalue weighted by Crippen LogP contribution is -2.48. The second-order valence-electron chi connectivity index (χ2n) is 2.88. The summed E-state index contributed by atoms with van der Waals surface area (Å²) in [4.78, 5) is 27.0. The van der Waals surface area contributed by atoms with E-state index in [1.54, 1.807) is 0 Å². The number of carbonyl (C=O) groups excluding carboxylic acids is 2. The van der Waals surface area contributed by atoms with Crippen LogP contribution in [0.4, 0.5) is 0 Å². The van der Waals surface area contributed by atoms with Crippen molar-refractivity contribution in [3.8, 4) is 0 Å². The molecule has 1 amide bonds. The van der Waals surface area contributed by atoms with E-state index in [1.165, 1.54) is 0 Å². The molecule has 7 nitrogen and oxygen atoms in total. The monoisotopic (exact) mass is 184 g/mol. The Labute approximate surface area is 73.4 Å². The molecule has 7 heteroatoms. The van der Waals surface area contributed by atoms with Crippen LogP contribution in [0.3, 0.4) is 0 Å². The maximum atomic E-state index is 11.1. The van der Waals surface area contributed by atoms with Crippen molar-refractivity contribution in [2.75, 3.05) is 13.1 Å². The molecule has 2 aliphatic rings. The lowest BCUT2D eigenvalue weighted by atomic mass is 10.3. The normalized spacial score (nSPS) is 27.8. The summed E-state index contributed by atoms with van der Waals surface area (Å²) in [6.45, 7) is -0.269. The van der Waals surface area contributed by atoms with Crippen LogP contribution in [0.5, 0.6) is 0 Å². The molecule has 1 fully saturated rings. The SMILES string of the molecule is NC1N=C2N(O)CC(=O)N2CC1=O. The number of guanidine groups is 1. The molecule has 2 heterocycles. The zero-order chi connectivity index (χ0) is 9.59. The highest BCUT2D eigenvalue weighted by atomic mass is 16.5. The van der Waals surface area contributed by atoms with Crippen molar-refractivity contribution in [3.05, 3.63) is 0 Å². The summed E-state index contributed by atoms with van der Waals surface area (Å²) in [6, 6.07) is 0. The lowest BCUT2D eigenvalue weighted by Gasteiger charge is -2.23. The Morgan fingerprint density at radius 3 is 2.85 bits per heavy atom. The first kappa shape index (κ1) is 8.14. The highest BCUT2D eigenvalue weighted by Gasteiger charge is 2.39. The smallest absolute Gasteiger partial charge is 0.252 e. The average molecular weight is 184 g/mol. The molecule has 0 bridgehead atoms.